The standard InChI is InChI=1S/C20H18F5N5O4/c1-9(17(26)32)27-10-2-3-11-13(6-10)33-5-4-29-15(20(23,24)25)19(28-18(11)29)30-12(16(21)22)8-34-14(30)7-31/h2-3,6,9,12,16,27H,4-5,8H2,1H3,(H2,26,32)/t9-,12-/m0/s1. The minimum absolute atomic E-state index is 0.150. The van der Waals surface area contributed by atoms with Crippen LogP contribution in [0, 0.1) is 0 Å². The number of hydrogen-bond acceptors (Lipinski definition) is 7. The average Bonchev–Trinajstić information content (AvgIpc) is 3.31. The second-order valence-corrected chi connectivity index (χ2v) is 7.57. The number of alkyl halides is 5. The van der Waals surface area contributed by atoms with Crippen LogP contribution in [-0.2, 0) is 27.0 Å². The highest BCUT2D eigenvalue weighted by molar-refractivity contribution is 5.83. The minimum atomic E-state index is -5.01. The van der Waals surface area contributed by atoms with Crippen LogP contribution < -0.4 is 20.7 Å². The Morgan fingerprint density at radius 1 is 1.32 bits per heavy atom. The molecule has 1 fully saturated rings. The Balaban J connectivity index is 1.87. The molecule has 0 spiro atoms. The second-order valence-electron chi connectivity index (χ2n) is 7.57. The Labute approximate surface area is 188 Å². The molecule has 2 atom stereocenters. The number of hydrogen-bond donors (Lipinski definition) is 2. The summed E-state index contributed by atoms with van der Waals surface area (Å²) in [6.07, 6.45) is -8.13. The Kier molecular flexibility index (Phi) is 5.86. The van der Waals surface area contributed by atoms with Crippen molar-refractivity contribution in [2.24, 2.45) is 5.73 Å². The molecule has 4 rings (SSSR count). The molecule has 3 heterocycles. The summed E-state index contributed by atoms with van der Waals surface area (Å²) in [4.78, 5) is 27.0. The first-order chi connectivity index (χ1) is 16.0. The lowest BCUT2D eigenvalue weighted by molar-refractivity contribution is -0.143. The number of imidazole rings is 1. The monoisotopic (exact) mass is 487 g/mol. The van der Waals surface area contributed by atoms with Crippen molar-refractivity contribution in [1.82, 2.24) is 9.55 Å². The lowest BCUT2D eigenvalue weighted by Gasteiger charge is -2.22. The van der Waals surface area contributed by atoms with Crippen LogP contribution >= 0.6 is 0 Å². The third kappa shape index (κ3) is 4.00. The van der Waals surface area contributed by atoms with E-state index in [1.807, 2.05) is 0 Å². The molecule has 1 saturated heterocycles. The van der Waals surface area contributed by atoms with Crippen molar-refractivity contribution in [3.05, 3.63) is 29.8 Å². The first-order valence-electron chi connectivity index (χ1n) is 9.99. The summed E-state index contributed by atoms with van der Waals surface area (Å²) in [7, 11) is 0. The van der Waals surface area contributed by atoms with Gasteiger partial charge in [-0.15, -0.1) is 0 Å². The third-order valence-corrected chi connectivity index (χ3v) is 5.37. The lowest BCUT2D eigenvalue weighted by atomic mass is 10.1. The number of amides is 1. The van der Waals surface area contributed by atoms with E-state index in [0.717, 1.165) is 4.57 Å². The molecule has 182 valence electrons. The zero-order valence-electron chi connectivity index (χ0n) is 17.5. The topological polar surface area (TPSA) is 112 Å². The highest BCUT2D eigenvalue weighted by Crippen LogP contribution is 2.45. The van der Waals surface area contributed by atoms with Gasteiger partial charge in [0.25, 0.3) is 12.3 Å². The molecular weight excluding hydrogens is 469 g/mol. The first kappa shape index (κ1) is 23.4. The summed E-state index contributed by atoms with van der Waals surface area (Å²) in [6.45, 7) is 0.326. The zero-order valence-corrected chi connectivity index (χ0v) is 17.5. The number of halogens is 5. The fraction of sp³-hybridized carbons (Fsp3) is 0.400. The van der Waals surface area contributed by atoms with Crippen molar-refractivity contribution >= 4 is 23.4 Å². The summed E-state index contributed by atoms with van der Waals surface area (Å²) in [5.41, 5.74) is 4.47. The molecule has 2 aliphatic rings. The van der Waals surface area contributed by atoms with E-state index in [4.69, 9.17) is 15.2 Å². The van der Waals surface area contributed by atoms with E-state index in [-0.39, 0.29) is 30.3 Å². The Morgan fingerprint density at radius 3 is 2.68 bits per heavy atom. The third-order valence-electron chi connectivity index (χ3n) is 5.37. The van der Waals surface area contributed by atoms with Crippen molar-refractivity contribution in [1.29, 1.82) is 0 Å². The summed E-state index contributed by atoms with van der Waals surface area (Å²) in [5.74, 6) is -1.09. The molecule has 2 aromatic rings. The smallest absolute Gasteiger partial charge is 0.435 e. The number of nitrogens with zero attached hydrogens (tertiary/aromatic N) is 3. The molecule has 34 heavy (non-hydrogen) atoms. The Bertz CT molecular complexity index is 1170. The van der Waals surface area contributed by atoms with E-state index in [2.05, 4.69) is 10.3 Å². The number of anilines is 2. The molecule has 1 aromatic carbocycles. The SMILES string of the molecule is C[C@H](Nc1ccc2c(c1)OCCn1c-2nc(N2C(=C=O)OC[C@H]2C(F)F)c1C(F)(F)F)C(N)=O. The van der Waals surface area contributed by atoms with Gasteiger partial charge in [-0.1, -0.05) is 0 Å². The first-order valence-corrected chi connectivity index (χ1v) is 9.99. The fourth-order valence-corrected chi connectivity index (χ4v) is 3.77. The van der Waals surface area contributed by atoms with E-state index < -0.39 is 54.6 Å². The fourth-order valence-electron chi connectivity index (χ4n) is 3.77. The van der Waals surface area contributed by atoms with E-state index >= 15 is 0 Å². The number of primary amides is 1. The summed E-state index contributed by atoms with van der Waals surface area (Å²) in [6, 6.07) is 1.78. The number of fused-ring (bicyclic) bond motifs is 3. The largest absolute Gasteiger partial charge is 0.491 e. The van der Waals surface area contributed by atoms with Gasteiger partial charge in [0.2, 0.25) is 5.91 Å². The van der Waals surface area contributed by atoms with Crippen molar-refractivity contribution in [2.75, 3.05) is 23.4 Å². The van der Waals surface area contributed by atoms with Crippen molar-refractivity contribution in [3.8, 4) is 17.1 Å². The predicted octanol–water partition coefficient (Wildman–Crippen LogP) is 2.39. The van der Waals surface area contributed by atoms with Crippen molar-refractivity contribution in [3.63, 3.8) is 0 Å². The van der Waals surface area contributed by atoms with Crippen LogP contribution in [0.5, 0.6) is 5.75 Å². The molecule has 1 amide bonds. The van der Waals surface area contributed by atoms with Crippen LogP contribution in [0.1, 0.15) is 12.6 Å². The minimum Gasteiger partial charge on any atom is -0.491 e. The van der Waals surface area contributed by atoms with Gasteiger partial charge in [0, 0.05) is 11.8 Å². The van der Waals surface area contributed by atoms with Crippen LogP contribution in [0.4, 0.5) is 33.5 Å². The molecule has 3 N–H and O–H groups in total. The quantitative estimate of drug-likeness (QED) is 0.492. The van der Waals surface area contributed by atoms with Gasteiger partial charge >= 0.3 is 6.18 Å². The van der Waals surface area contributed by atoms with Gasteiger partial charge in [-0.25, -0.2) is 18.6 Å². The predicted molar refractivity (Wildman–Crippen MR) is 108 cm³/mol. The molecule has 14 heteroatoms. The Morgan fingerprint density at radius 2 is 2.06 bits per heavy atom. The lowest BCUT2D eigenvalue weighted by Crippen LogP contribution is -2.37. The summed E-state index contributed by atoms with van der Waals surface area (Å²) < 4.78 is 80.9. The summed E-state index contributed by atoms with van der Waals surface area (Å²) >= 11 is 0. The molecule has 9 nitrogen and oxygen atoms in total. The normalized spacial score (nSPS) is 18.4. The van der Waals surface area contributed by atoms with Crippen LogP contribution in [-0.4, -0.2) is 53.1 Å². The van der Waals surface area contributed by atoms with Crippen LogP contribution in [0.15, 0.2) is 24.1 Å². The second kappa shape index (κ2) is 8.52. The number of aromatic nitrogens is 2. The Hall–Kier alpha value is -3.80. The number of nitrogens with two attached hydrogens (primary N) is 1. The number of carbonyl (C=O) groups is 1. The van der Waals surface area contributed by atoms with Crippen LogP contribution in [0.3, 0.4) is 0 Å². The summed E-state index contributed by atoms with van der Waals surface area (Å²) in [5, 5.41) is 2.84. The van der Waals surface area contributed by atoms with Crippen molar-refractivity contribution in [2.45, 2.75) is 38.2 Å². The van der Waals surface area contributed by atoms with Gasteiger partial charge in [0.15, 0.2) is 17.5 Å². The zero-order chi connectivity index (χ0) is 24.8. The van der Waals surface area contributed by atoms with E-state index in [0.29, 0.717) is 10.6 Å². The van der Waals surface area contributed by atoms with Gasteiger partial charge in [0.1, 0.15) is 36.9 Å². The van der Waals surface area contributed by atoms with E-state index in [1.165, 1.54) is 31.1 Å². The van der Waals surface area contributed by atoms with Gasteiger partial charge in [-0.05, 0) is 19.1 Å². The van der Waals surface area contributed by atoms with Gasteiger partial charge in [-0.2, -0.15) is 13.2 Å². The number of rotatable bonds is 5. The van der Waals surface area contributed by atoms with Gasteiger partial charge < -0.3 is 25.1 Å². The van der Waals surface area contributed by atoms with Gasteiger partial charge in [0.05, 0.1) is 12.1 Å². The maximum absolute atomic E-state index is 14.2. The van der Waals surface area contributed by atoms with Crippen LogP contribution in [0.2, 0.25) is 0 Å². The number of benzene rings is 1. The molecule has 0 bridgehead atoms. The maximum atomic E-state index is 14.2. The highest BCUT2D eigenvalue weighted by Gasteiger charge is 2.48. The maximum Gasteiger partial charge on any atom is 0.435 e. The van der Waals surface area contributed by atoms with Gasteiger partial charge in [-0.3, -0.25) is 9.69 Å². The molecule has 0 unspecified atom stereocenters. The van der Waals surface area contributed by atoms with E-state index in [1.54, 1.807) is 0 Å². The number of nitrogens with one attached hydrogen (secondary N) is 1. The molecule has 0 aliphatic carbocycles. The molecule has 0 saturated carbocycles. The number of carbonyl (C=O) groups excluding carboxylic acids is 2. The van der Waals surface area contributed by atoms with E-state index in [9.17, 15) is 31.5 Å². The molecular formula is C20H18F5N5O4. The van der Waals surface area contributed by atoms with Crippen LogP contribution in [0.25, 0.3) is 11.4 Å². The molecule has 2 aliphatic heterocycles. The molecule has 1 aromatic heterocycles. The number of ether oxygens (including phenoxy) is 2. The van der Waals surface area contributed by atoms with Crippen molar-refractivity contribution < 1.29 is 41.0 Å². The average molecular weight is 487 g/mol. The highest BCUT2D eigenvalue weighted by atomic mass is 19.4. The molecule has 0 radical (unpaired) electrons.